The summed E-state index contributed by atoms with van der Waals surface area (Å²) in [7, 11) is 0. The highest BCUT2D eigenvalue weighted by Gasteiger charge is 2.11. The van der Waals surface area contributed by atoms with Gasteiger partial charge in [0, 0.05) is 6.54 Å². The number of ether oxygens (including phenoxy) is 2. The van der Waals surface area contributed by atoms with Crippen LogP contribution in [0.1, 0.15) is 0 Å². The molecule has 1 atom stereocenters. The third-order valence-corrected chi connectivity index (χ3v) is 1.55. The van der Waals surface area contributed by atoms with Crippen LogP contribution in [0.4, 0.5) is 0 Å². The van der Waals surface area contributed by atoms with E-state index in [4.69, 9.17) is 14.6 Å². The van der Waals surface area contributed by atoms with E-state index in [1.807, 2.05) is 0 Å². The van der Waals surface area contributed by atoms with Gasteiger partial charge in [-0.2, -0.15) is 0 Å². The van der Waals surface area contributed by atoms with Gasteiger partial charge in [0.2, 0.25) is 0 Å². The minimum absolute atomic E-state index is 0.0909. The Balaban J connectivity index is 1.96. The first-order valence-electron chi connectivity index (χ1n) is 3.93. The molecule has 0 amide bonds. The van der Waals surface area contributed by atoms with Gasteiger partial charge in [0.1, 0.15) is 0 Å². The summed E-state index contributed by atoms with van der Waals surface area (Å²) >= 11 is 0. The number of morpholine rings is 1. The van der Waals surface area contributed by atoms with Gasteiger partial charge in [-0.25, -0.2) is 0 Å². The van der Waals surface area contributed by atoms with Crippen molar-refractivity contribution >= 4 is 0 Å². The van der Waals surface area contributed by atoms with E-state index in [1.54, 1.807) is 0 Å². The van der Waals surface area contributed by atoms with Crippen LogP contribution < -0.4 is 5.32 Å². The zero-order chi connectivity index (χ0) is 7.94. The van der Waals surface area contributed by atoms with Crippen LogP contribution >= 0.6 is 0 Å². The van der Waals surface area contributed by atoms with Gasteiger partial charge in [0.15, 0.2) is 0 Å². The molecule has 1 aliphatic heterocycles. The molecule has 0 radical (unpaired) electrons. The van der Waals surface area contributed by atoms with Gasteiger partial charge in [-0.1, -0.05) is 0 Å². The molecule has 4 heteroatoms. The fraction of sp³-hybridized carbons (Fsp3) is 1.00. The summed E-state index contributed by atoms with van der Waals surface area (Å²) in [4.78, 5) is 0. The van der Waals surface area contributed by atoms with Gasteiger partial charge in [-0.3, -0.25) is 0 Å². The summed E-state index contributed by atoms with van der Waals surface area (Å²) < 4.78 is 10.3. The molecule has 4 nitrogen and oxygen atoms in total. The van der Waals surface area contributed by atoms with Crippen molar-refractivity contribution in [3.05, 3.63) is 0 Å². The van der Waals surface area contributed by atoms with Gasteiger partial charge in [0.25, 0.3) is 0 Å². The Bertz CT molecular complexity index is 93.7. The second-order valence-electron chi connectivity index (χ2n) is 2.52. The summed E-state index contributed by atoms with van der Waals surface area (Å²) in [5, 5.41) is 11.7. The summed E-state index contributed by atoms with van der Waals surface area (Å²) in [6, 6.07) is 0.301. The van der Waals surface area contributed by atoms with Crippen LogP contribution in [0, 0.1) is 0 Å². The first kappa shape index (κ1) is 8.93. The van der Waals surface area contributed by atoms with E-state index in [-0.39, 0.29) is 6.61 Å². The number of nitrogens with one attached hydrogen (secondary N) is 1. The minimum atomic E-state index is 0.0909. The lowest BCUT2D eigenvalue weighted by atomic mass is 10.3. The maximum absolute atomic E-state index is 8.42. The van der Waals surface area contributed by atoms with Gasteiger partial charge in [0.05, 0.1) is 39.1 Å². The Kier molecular flexibility index (Phi) is 4.45. The van der Waals surface area contributed by atoms with E-state index in [1.165, 1.54) is 0 Å². The number of rotatable bonds is 4. The number of aliphatic hydroxyl groups is 1. The maximum atomic E-state index is 8.42. The molecule has 1 aliphatic rings. The second-order valence-corrected chi connectivity index (χ2v) is 2.52. The molecule has 0 bridgehead atoms. The monoisotopic (exact) mass is 161 g/mol. The molecule has 1 rings (SSSR count). The summed E-state index contributed by atoms with van der Waals surface area (Å²) in [5.41, 5.74) is 0. The number of hydrogen-bond acceptors (Lipinski definition) is 4. The Morgan fingerprint density at radius 2 is 2.55 bits per heavy atom. The van der Waals surface area contributed by atoms with Crippen LogP contribution in [0.25, 0.3) is 0 Å². The lowest BCUT2D eigenvalue weighted by molar-refractivity contribution is 0.0198. The van der Waals surface area contributed by atoms with Crippen molar-refractivity contribution in [3.8, 4) is 0 Å². The van der Waals surface area contributed by atoms with Crippen LogP contribution in [0.3, 0.4) is 0 Å². The van der Waals surface area contributed by atoms with E-state index >= 15 is 0 Å². The average Bonchev–Trinajstić information content (AvgIpc) is 2.07. The molecule has 1 fully saturated rings. The van der Waals surface area contributed by atoms with Gasteiger partial charge in [-0.05, 0) is 0 Å². The van der Waals surface area contributed by atoms with Crippen LogP contribution in [0.15, 0.2) is 0 Å². The van der Waals surface area contributed by atoms with E-state index < -0.39 is 0 Å². The highest BCUT2D eigenvalue weighted by Crippen LogP contribution is 1.93. The maximum Gasteiger partial charge on any atom is 0.0698 e. The topological polar surface area (TPSA) is 50.7 Å². The molecule has 0 aliphatic carbocycles. The fourth-order valence-electron chi connectivity index (χ4n) is 1.02. The lowest BCUT2D eigenvalue weighted by Gasteiger charge is -2.23. The Hall–Kier alpha value is -0.160. The molecule has 0 saturated carbocycles. The number of hydrogen-bond donors (Lipinski definition) is 2. The molecule has 0 spiro atoms. The van der Waals surface area contributed by atoms with Crippen LogP contribution in [0.2, 0.25) is 0 Å². The fourth-order valence-corrected chi connectivity index (χ4v) is 1.02. The third kappa shape index (κ3) is 3.67. The van der Waals surface area contributed by atoms with E-state index in [2.05, 4.69) is 5.32 Å². The van der Waals surface area contributed by atoms with E-state index in [0.717, 1.165) is 13.2 Å². The molecule has 0 aromatic heterocycles. The Morgan fingerprint density at radius 3 is 3.18 bits per heavy atom. The van der Waals surface area contributed by atoms with Crippen LogP contribution in [0.5, 0.6) is 0 Å². The Morgan fingerprint density at radius 1 is 1.64 bits per heavy atom. The Labute approximate surface area is 66.5 Å². The first-order chi connectivity index (χ1) is 5.43. The van der Waals surface area contributed by atoms with Crippen LogP contribution in [-0.4, -0.2) is 50.7 Å². The van der Waals surface area contributed by atoms with Crippen molar-refractivity contribution in [1.82, 2.24) is 5.32 Å². The molecular formula is C7H15NO3. The predicted molar refractivity (Wildman–Crippen MR) is 40.5 cm³/mol. The molecular weight excluding hydrogens is 146 g/mol. The predicted octanol–water partition coefficient (Wildman–Crippen LogP) is -1.02. The van der Waals surface area contributed by atoms with Crippen molar-refractivity contribution in [3.63, 3.8) is 0 Å². The molecule has 2 N–H and O–H groups in total. The molecule has 66 valence electrons. The molecule has 0 aromatic rings. The summed E-state index contributed by atoms with van der Waals surface area (Å²) in [6.45, 7) is 3.53. The molecule has 0 aromatic carbocycles. The van der Waals surface area contributed by atoms with Crippen molar-refractivity contribution in [2.45, 2.75) is 6.04 Å². The van der Waals surface area contributed by atoms with Gasteiger partial charge < -0.3 is 19.9 Å². The highest BCUT2D eigenvalue weighted by atomic mass is 16.5. The van der Waals surface area contributed by atoms with E-state index in [0.29, 0.717) is 25.9 Å². The lowest BCUT2D eigenvalue weighted by Crippen LogP contribution is -2.44. The standard InChI is InChI=1S/C7H15NO3/c9-2-4-11-6-7-5-10-3-1-8-7/h7-9H,1-6H2. The van der Waals surface area contributed by atoms with Crippen molar-refractivity contribution in [1.29, 1.82) is 0 Å². The largest absolute Gasteiger partial charge is 0.394 e. The third-order valence-electron chi connectivity index (χ3n) is 1.55. The second kappa shape index (κ2) is 5.49. The zero-order valence-electron chi connectivity index (χ0n) is 6.58. The van der Waals surface area contributed by atoms with Crippen molar-refractivity contribution < 1.29 is 14.6 Å². The van der Waals surface area contributed by atoms with Crippen molar-refractivity contribution in [2.75, 3.05) is 39.6 Å². The first-order valence-corrected chi connectivity index (χ1v) is 3.93. The summed E-state index contributed by atoms with van der Waals surface area (Å²) in [6.07, 6.45) is 0. The summed E-state index contributed by atoms with van der Waals surface area (Å²) in [5.74, 6) is 0. The zero-order valence-corrected chi connectivity index (χ0v) is 6.58. The molecule has 1 unspecified atom stereocenters. The quantitative estimate of drug-likeness (QED) is 0.518. The molecule has 1 heterocycles. The molecule has 11 heavy (non-hydrogen) atoms. The molecule has 1 saturated heterocycles. The normalized spacial score (nSPS) is 25.4. The minimum Gasteiger partial charge on any atom is -0.394 e. The average molecular weight is 161 g/mol. The highest BCUT2D eigenvalue weighted by molar-refractivity contribution is 4.68. The van der Waals surface area contributed by atoms with Gasteiger partial charge in [-0.15, -0.1) is 0 Å². The smallest absolute Gasteiger partial charge is 0.0698 e. The number of aliphatic hydroxyl groups excluding tert-OH is 1. The van der Waals surface area contributed by atoms with Gasteiger partial charge >= 0.3 is 0 Å². The van der Waals surface area contributed by atoms with Crippen molar-refractivity contribution in [2.24, 2.45) is 0 Å². The van der Waals surface area contributed by atoms with Crippen LogP contribution in [-0.2, 0) is 9.47 Å². The van der Waals surface area contributed by atoms with E-state index in [9.17, 15) is 0 Å². The SMILES string of the molecule is OCCOCC1COCCN1.